The molecule has 1 amide bonds. The number of carbonyl (C=O) groups is 1. The molecular formula is C30H53NO7S. The third kappa shape index (κ3) is 5.33. The molecular weight excluding hydrogens is 518 g/mol. The fraction of sp³-hybridized carbons (Fsp3) is 0.967. The molecule has 0 radical (unpaired) electrons. The summed E-state index contributed by atoms with van der Waals surface area (Å²) in [5, 5.41) is 37.4. The van der Waals surface area contributed by atoms with Crippen molar-refractivity contribution in [2.24, 2.45) is 58.2 Å². The summed E-state index contributed by atoms with van der Waals surface area (Å²) < 4.78 is 30.9. The highest BCUT2D eigenvalue weighted by molar-refractivity contribution is 7.85. The highest BCUT2D eigenvalue weighted by atomic mass is 32.2. The van der Waals surface area contributed by atoms with E-state index in [1.54, 1.807) is 0 Å². The summed E-state index contributed by atoms with van der Waals surface area (Å²) in [5.74, 6) is 0.159. The molecule has 5 N–H and O–H groups in total. The monoisotopic (exact) mass is 571 g/mol. The molecule has 4 fully saturated rings. The number of hydrogen-bond donors (Lipinski definition) is 5. The molecule has 0 bridgehead atoms. The number of fused-ring (bicyclic) bond motifs is 5. The van der Waals surface area contributed by atoms with Crippen molar-refractivity contribution >= 4 is 16.0 Å². The predicted molar refractivity (Wildman–Crippen MR) is 150 cm³/mol. The number of aliphatic hydroxyl groups excluding tert-OH is 2. The fourth-order valence-electron chi connectivity index (χ4n) is 10.7. The summed E-state index contributed by atoms with van der Waals surface area (Å²) in [6.45, 7) is 12.7. The van der Waals surface area contributed by atoms with E-state index >= 15 is 0 Å². The quantitative estimate of drug-likeness (QED) is 0.280. The Kier molecular flexibility index (Phi) is 8.66. The fourth-order valence-corrected chi connectivity index (χ4v) is 11.1. The van der Waals surface area contributed by atoms with Crippen LogP contribution in [0.3, 0.4) is 0 Å². The van der Waals surface area contributed by atoms with Crippen molar-refractivity contribution in [2.45, 2.75) is 111 Å². The van der Waals surface area contributed by atoms with Crippen LogP contribution in [-0.2, 0) is 14.9 Å². The highest BCUT2D eigenvalue weighted by Crippen LogP contribution is 2.71. The molecule has 4 saturated carbocycles. The second-order valence-electron chi connectivity index (χ2n) is 14.5. The van der Waals surface area contributed by atoms with Gasteiger partial charge in [-0.15, -0.1) is 0 Å². The van der Waals surface area contributed by atoms with Gasteiger partial charge in [-0.25, -0.2) is 0 Å². The maximum Gasteiger partial charge on any atom is 0.266 e. The molecule has 226 valence electrons. The van der Waals surface area contributed by atoms with Crippen LogP contribution in [0.5, 0.6) is 0 Å². The zero-order valence-corrected chi connectivity index (χ0v) is 25.6. The van der Waals surface area contributed by atoms with Crippen LogP contribution in [0.1, 0.15) is 92.9 Å². The molecule has 39 heavy (non-hydrogen) atoms. The van der Waals surface area contributed by atoms with Crippen LogP contribution < -0.4 is 5.32 Å². The first kappa shape index (κ1) is 31.2. The summed E-state index contributed by atoms with van der Waals surface area (Å²) in [7, 11) is -4.12. The summed E-state index contributed by atoms with van der Waals surface area (Å²) in [6, 6.07) is 0. The molecule has 0 aromatic rings. The lowest BCUT2D eigenvalue weighted by Gasteiger charge is -2.68. The van der Waals surface area contributed by atoms with E-state index in [1.165, 1.54) is 0 Å². The Morgan fingerprint density at radius 2 is 1.69 bits per heavy atom. The van der Waals surface area contributed by atoms with E-state index in [0.717, 1.165) is 38.5 Å². The molecule has 0 aromatic heterocycles. The second-order valence-corrected chi connectivity index (χ2v) is 16.1. The average molecular weight is 572 g/mol. The molecule has 0 aromatic carbocycles. The molecule has 0 saturated heterocycles. The van der Waals surface area contributed by atoms with Crippen LogP contribution in [0.25, 0.3) is 0 Å². The molecule has 13 atom stereocenters. The Balaban J connectivity index is 1.55. The Morgan fingerprint density at radius 3 is 2.31 bits per heavy atom. The molecule has 8 nitrogen and oxygen atoms in total. The molecule has 3 unspecified atom stereocenters. The Labute approximate surface area is 235 Å². The maximum absolute atomic E-state index is 12.7. The van der Waals surface area contributed by atoms with Crippen LogP contribution in [0.4, 0.5) is 0 Å². The van der Waals surface area contributed by atoms with Crippen molar-refractivity contribution in [1.82, 2.24) is 5.32 Å². The molecule has 0 heterocycles. The minimum absolute atomic E-state index is 0.00647. The van der Waals surface area contributed by atoms with Gasteiger partial charge in [0.25, 0.3) is 10.1 Å². The van der Waals surface area contributed by atoms with Crippen LogP contribution in [0, 0.1) is 58.2 Å². The first-order valence-electron chi connectivity index (χ1n) is 15.3. The van der Waals surface area contributed by atoms with Gasteiger partial charge in [0.2, 0.25) is 5.91 Å². The Bertz CT molecular complexity index is 1020. The van der Waals surface area contributed by atoms with Gasteiger partial charge in [0.15, 0.2) is 0 Å². The van der Waals surface area contributed by atoms with Crippen molar-refractivity contribution in [3.63, 3.8) is 0 Å². The molecule has 4 aliphatic carbocycles. The lowest BCUT2D eigenvalue weighted by molar-refractivity contribution is -0.263. The van der Waals surface area contributed by atoms with Gasteiger partial charge in [-0.3, -0.25) is 9.35 Å². The van der Waals surface area contributed by atoms with Gasteiger partial charge >= 0.3 is 0 Å². The summed E-state index contributed by atoms with van der Waals surface area (Å²) >= 11 is 0. The van der Waals surface area contributed by atoms with E-state index in [0.29, 0.717) is 12.8 Å². The Morgan fingerprint density at radius 1 is 1.03 bits per heavy atom. The van der Waals surface area contributed by atoms with E-state index < -0.39 is 27.6 Å². The standard InChI is InChI=1S/C30H53NO7S/c1-7-20-23-15-19(32)10-11-28(23,4)24-16-25(33)29(5)21(8-9-22(29)26(24)30(20,6)35)17(2)14-18(3)27(34)31-12-13-39(36,37)38/h17-26,32-33,35H,7-16H2,1-6H3,(H,31,34)(H,36,37,38)/t17-,18+,19+,20+,21+,22?,23-,24?,25-,26?,28-,29+,30+/m0/s1. The van der Waals surface area contributed by atoms with Crippen molar-refractivity contribution in [1.29, 1.82) is 0 Å². The number of rotatable bonds is 8. The zero-order valence-electron chi connectivity index (χ0n) is 24.8. The van der Waals surface area contributed by atoms with Crippen molar-refractivity contribution < 1.29 is 33.1 Å². The minimum atomic E-state index is -4.12. The van der Waals surface area contributed by atoms with Crippen LogP contribution in [0.15, 0.2) is 0 Å². The smallest absolute Gasteiger partial charge is 0.266 e. The number of carbonyl (C=O) groups excluding carboxylic acids is 1. The van der Waals surface area contributed by atoms with Gasteiger partial charge in [0.05, 0.1) is 23.6 Å². The summed E-state index contributed by atoms with van der Waals surface area (Å²) in [5.41, 5.74) is -1.24. The first-order valence-corrected chi connectivity index (χ1v) is 16.9. The molecule has 4 aliphatic rings. The van der Waals surface area contributed by atoms with Crippen LogP contribution in [0.2, 0.25) is 0 Å². The SMILES string of the molecule is CC[C@@H]1[C@@H]2C[C@H](O)CC[C@]2(C)C2C[C@H](O)[C@@]3(C)C(CC[C@@H]3[C@@H](C)C[C@@H](C)C(=O)NCCS(=O)(=O)O)C2[C@]1(C)O. The van der Waals surface area contributed by atoms with E-state index in [1.807, 2.05) is 13.8 Å². The van der Waals surface area contributed by atoms with Gasteiger partial charge in [-0.2, -0.15) is 8.42 Å². The predicted octanol–water partition coefficient (Wildman–Crippen LogP) is 3.64. The average Bonchev–Trinajstić information content (AvgIpc) is 3.18. The lowest BCUT2D eigenvalue weighted by Crippen LogP contribution is -2.69. The largest absolute Gasteiger partial charge is 0.393 e. The van der Waals surface area contributed by atoms with Crippen molar-refractivity contribution in [2.75, 3.05) is 12.3 Å². The number of amides is 1. The Hall–Kier alpha value is -0.740. The third-order valence-electron chi connectivity index (χ3n) is 12.6. The van der Waals surface area contributed by atoms with Gasteiger partial charge in [0.1, 0.15) is 0 Å². The molecule has 0 aliphatic heterocycles. The second kappa shape index (κ2) is 10.8. The van der Waals surface area contributed by atoms with Gasteiger partial charge < -0.3 is 20.6 Å². The topological polar surface area (TPSA) is 144 Å². The number of hydrogen-bond acceptors (Lipinski definition) is 6. The van der Waals surface area contributed by atoms with Gasteiger partial charge in [-0.1, -0.05) is 41.0 Å². The summed E-state index contributed by atoms with van der Waals surface area (Å²) in [6.07, 6.45) is 5.72. The molecule has 0 spiro atoms. The van der Waals surface area contributed by atoms with Crippen LogP contribution in [-0.4, -0.2) is 64.3 Å². The lowest BCUT2D eigenvalue weighted by atomic mass is 9.38. The summed E-state index contributed by atoms with van der Waals surface area (Å²) in [4.78, 5) is 12.7. The number of aliphatic hydroxyl groups is 3. The van der Waals surface area contributed by atoms with Crippen LogP contribution >= 0.6 is 0 Å². The number of nitrogens with one attached hydrogen (secondary N) is 1. The normalized spacial score (nSPS) is 47.4. The van der Waals surface area contributed by atoms with Gasteiger partial charge in [-0.05, 0) is 104 Å². The van der Waals surface area contributed by atoms with Crippen molar-refractivity contribution in [3.8, 4) is 0 Å². The molecule has 9 heteroatoms. The van der Waals surface area contributed by atoms with E-state index in [-0.39, 0.29) is 76.7 Å². The van der Waals surface area contributed by atoms with E-state index in [2.05, 4.69) is 33.0 Å². The highest BCUT2D eigenvalue weighted by Gasteiger charge is 2.70. The minimum Gasteiger partial charge on any atom is -0.393 e. The molecule has 4 rings (SSSR count). The van der Waals surface area contributed by atoms with E-state index in [4.69, 9.17) is 4.55 Å². The van der Waals surface area contributed by atoms with E-state index in [9.17, 15) is 28.5 Å². The van der Waals surface area contributed by atoms with Gasteiger partial charge in [0, 0.05) is 12.5 Å². The van der Waals surface area contributed by atoms with Crippen molar-refractivity contribution in [3.05, 3.63) is 0 Å². The first-order chi connectivity index (χ1) is 18.0. The third-order valence-corrected chi connectivity index (χ3v) is 13.3. The maximum atomic E-state index is 12.7. The zero-order chi connectivity index (χ0) is 29.1.